The lowest BCUT2D eigenvalue weighted by molar-refractivity contribution is 0.804. The molecule has 0 unspecified atom stereocenters. The van der Waals surface area contributed by atoms with E-state index in [4.69, 9.17) is 5.26 Å². The molecule has 1 heterocycles. The Kier molecular flexibility index (Phi) is 3.71. The number of aryl methyl sites for hydroxylation is 2. The van der Waals surface area contributed by atoms with Crippen LogP contribution in [0.5, 0.6) is 0 Å². The highest BCUT2D eigenvalue weighted by molar-refractivity contribution is 5.36. The summed E-state index contributed by atoms with van der Waals surface area (Å²) in [5.41, 5.74) is 3.42. The molecule has 0 radical (unpaired) electrons. The molecule has 0 saturated heterocycles. The number of rotatable bonds is 3. The number of anilines is 1. The van der Waals surface area contributed by atoms with E-state index in [0.29, 0.717) is 18.1 Å². The highest BCUT2D eigenvalue weighted by Gasteiger charge is 2.08. The van der Waals surface area contributed by atoms with E-state index >= 15 is 0 Å². The quantitative estimate of drug-likeness (QED) is 0.837. The molecule has 0 N–H and O–H groups in total. The Morgan fingerprint density at radius 2 is 2.00 bits per heavy atom. The van der Waals surface area contributed by atoms with E-state index in [9.17, 15) is 0 Å². The van der Waals surface area contributed by atoms with Crippen molar-refractivity contribution in [3.63, 3.8) is 0 Å². The molecular weight excluding hydrogens is 238 g/mol. The second kappa shape index (κ2) is 5.44. The Labute approximate surface area is 112 Å². The average molecular weight is 253 g/mol. The number of nitrogens with zero attached hydrogens (tertiary/aromatic N) is 5. The summed E-state index contributed by atoms with van der Waals surface area (Å²) in [5, 5.41) is 17.0. The lowest BCUT2D eigenvalue weighted by Gasteiger charge is -2.17. The third-order valence-corrected chi connectivity index (χ3v) is 2.90. The molecule has 96 valence electrons. The van der Waals surface area contributed by atoms with E-state index in [1.165, 1.54) is 0 Å². The number of nitriles is 1. The fourth-order valence-electron chi connectivity index (χ4n) is 1.69. The smallest absolute Gasteiger partial charge is 0.245 e. The van der Waals surface area contributed by atoms with Crippen LogP contribution in [0.1, 0.15) is 22.5 Å². The van der Waals surface area contributed by atoms with Crippen LogP contribution in [0.15, 0.2) is 24.3 Å². The maximum atomic E-state index is 8.88. The minimum absolute atomic E-state index is 0.588. The molecule has 0 aliphatic carbocycles. The number of hydrogen-bond donors (Lipinski definition) is 0. The predicted molar refractivity (Wildman–Crippen MR) is 72.6 cm³/mol. The van der Waals surface area contributed by atoms with Gasteiger partial charge in [0.15, 0.2) is 0 Å². The minimum Gasteiger partial charge on any atom is -0.338 e. The first-order chi connectivity index (χ1) is 9.10. The van der Waals surface area contributed by atoms with Crippen molar-refractivity contribution in [3.8, 4) is 6.07 Å². The second-order valence-electron chi connectivity index (χ2n) is 4.45. The number of hydrogen-bond acceptors (Lipinski definition) is 5. The molecule has 0 atom stereocenters. The van der Waals surface area contributed by atoms with Gasteiger partial charge in [-0.1, -0.05) is 12.1 Å². The van der Waals surface area contributed by atoms with Crippen LogP contribution >= 0.6 is 0 Å². The van der Waals surface area contributed by atoms with Gasteiger partial charge in [-0.25, -0.2) is 4.98 Å². The summed E-state index contributed by atoms with van der Waals surface area (Å²) in [7, 11) is 1.91. The number of aromatic nitrogens is 3. The van der Waals surface area contributed by atoms with Crippen LogP contribution in [0.25, 0.3) is 0 Å². The molecule has 0 fully saturated rings. The third-order valence-electron chi connectivity index (χ3n) is 2.90. The van der Waals surface area contributed by atoms with E-state index in [2.05, 4.69) is 21.3 Å². The van der Waals surface area contributed by atoms with Gasteiger partial charge >= 0.3 is 0 Å². The molecule has 19 heavy (non-hydrogen) atoms. The first kappa shape index (κ1) is 13.0. The SMILES string of the molecule is Cc1nnc(N(C)Cc2cccc(C#N)c2)nc1C. The van der Waals surface area contributed by atoms with Gasteiger partial charge in [-0.3, -0.25) is 0 Å². The molecule has 5 heteroatoms. The number of benzene rings is 1. The fraction of sp³-hybridized carbons (Fsp3) is 0.286. The van der Waals surface area contributed by atoms with Crippen molar-refractivity contribution in [1.82, 2.24) is 15.2 Å². The summed E-state index contributed by atoms with van der Waals surface area (Å²) in [6.45, 7) is 4.44. The molecule has 2 rings (SSSR count). The average Bonchev–Trinajstić information content (AvgIpc) is 2.42. The van der Waals surface area contributed by atoms with Gasteiger partial charge in [0.05, 0.1) is 23.0 Å². The minimum atomic E-state index is 0.588. The maximum Gasteiger partial charge on any atom is 0.245 e. The van der Waals surface area contributed by atoms with Crippen molar-refractivity contribution in [3.05, 3.63) is 46.8 Å². The van der Waals surface area contributed by atoms with Crippen LogP contribution in [-0.2, 0) is 6.54 Å². The van der Waals surface area contributed by atoms with Gasteiger partial charge in [0, 0.05) is 13.6 Å². The van der Waals surface area contributed by atoms with Crippen molar-refractivity contribution < 1.29 is 0 Å². The highest BCUT2D eigenvalue weighted by Crippen LogP contribution is 2.12. The van der Waals surface area contributed by atoms with E-state index in [1.807, 2.05) is 44.0 Å². The Bertz CT molecular complexity index is 630. The van der Waals surface area contributed by atoms with Crippen molar-refractivity contribution >= 4 is 5.95 Å². The van der Waals surface area contributed by atoms with Gasteiger partial charge in [-0.15, -0.1) is 5.10 Å². The summed E-state index contributed by atoms with van der Waals surface area (Å²) in [4.78, 5) is 6.31. The molecule has 1 aromatic carbocycles. The molecule has 0 bridgehead atoms. The molecule has 5 nitrogen and oxygen atoms in total. The monoisotopic (exact) mass is 253 g/mol. The molecule has 2 aromatic rings. The third kappa shape index (κ3) is 3.05. The van der Waals surface area contributed by atoms with Crippen LogP contribution in [0, 0.1) is 25.2 Å². The van der Waals surface area contributed by atoms with E-state index in [-0.39, 0.29) is 0 Å². The zero-order valence-corrected chi connectivity index (χ0v) is 11.3. The topological polar surface area (TPSA) is 65.7 Å². The fourth-order valence-corrected chi connectivity index (χ4v) is 1.69. The van der Waals surface area contributed by atoms with Crippen molar-refractivity contribution in [2.24, 2.45) is 0 Å². The van der Waals surface area contributed by atoms with Crippen molar-refractivity contribution in [2.75, 3.05) is 11.9 Å². The van der Waals surface area contributed by atoms with Gasteiger partial charge in [0.1, 0.15) is 0 Å². The van der Waals surface area contributed by atoms with Gasteiger partial charge in [0.2, 0.25) is 5.95 Å². The highest BCUT2D eigenvalue weighted by atomic mass is 15.3. The Morgan fingerprint density at radius 1 is 1.21 bits per heavy atom. The molecule has 1 aromatic heterocycles. The van der Waals surface area contributed by atoms with Gasteiger partial charge in [-0.05, 0) is 31.5 Å². The molecule has 0 aliphatic heterocycles. The van der Waals surface area contributed by atoms with Gasteiger partial charge in [-0.2, -0.15) is 10.4 Å². The molecular formula is C14H15N5. The molecule has 0 spiro atoms. The summed E-state index contributed by atoms with van der Waals surface area (Å²) in [6.07, 6.45) is 0. The first-order valence-corrected chi connectivity index (χ1v) is 5.98. The van der Waals surface area contributed by atoms with Crippen LogP contribution in [-0.4, -0.2) is 22.2 Å². The molecule has 0 saturated carbocycles. The first-order valence-electron chi connectivity index (χ1n) is 5.98. The summed E-state index contributed by atoms with van der Waals surface area (Å²) < 4.78 is 0. The Hall–Kier alpha value is -2.48. The standard InChI is InChI=1S/C14H15N5/c1-10-11(2)17-18-14(16-10)19(3)9-13-6-4-5-12(7-13)8-15/h4-7H,9H2,1-3H3. The van der Waals surface area contributed by atoms with E-state index in [1.54, 1.807) is 6.07 Å². The van der Waals surface area contributed by atoms with E-state index < -0.39 is 0 Å². The zero-order valence-electron chi connectivity index (χ0n) is 11.3. The van der Waals surface area contributed by atoms with Crippen LogP contribution in [0.4, 0.5) is 5.95 Å². The zero-order chi connectivity index (χ0) is 13.8. The lowest BCUT2D eigenvalue weighted by atomic mass is 10.1. The van der Waals surface area contributed by atoms with Gasteiger partial charge < -0.3 is 4.90 Å². The summed E-state index contributed by atoms with van der Waals surface area (Å²) in [5.74, 6) is 0.588. The normalized spacial score (nSPS) is 10.0. The molecule has 0 aliphatic rings. The maximum absolute atomic E-state index is 8.88. The largest absolute Gasteiger partial charge is 0.338 e. The van der Waals surface area contributed by atoms with Crippen LogP contribution in [0.2, 0.25) is 0 Å². The predicted octanol–water partition coefficient (Wildman–Crippen LogP) is 2.00. The lowest BCUT2D eigenvalue weighted by Crippen LogP contribution is -2.20. The van der Waals surface area contributed by atoms with Crippen LogP contribution < -0.4 is 4.90 Å². The van der Waals surface area contributed by atoms with E-state index in [0.717, 1.165) is 17.0 Å². The second-order valence-corrected chi connectivity index (χ2v) is 4.45. The summed E-state index contributed by atoms with van der Waals surface area (Å²) in [6, 6.07) is 9.64. The Morgan fingerprint density at radius 3 is 2.68 bits per heavy atom. The van der Waals surface area contributed by atoms with Crippen molar-refractivity contribution in [2.45, 2.75) is 20.4 Å². The summed E-state index contributed by atoms with van der Waals surface area (Å²) >= 11 is 0. The Balaban J connectivity index is 2.18. The van der Waals surface area contributed by atoms with Gasteiger partial charge in [0.25, 0.3) is 0 Å². The van der Waals surface area contributed by atoms with Crippen LogP contribution in [0.3, 0.4) is 0 Å². The van der Waals surface area contributed by atoms with Crippen molar-refractivity contribution in [1.29, 1.82) is 5.26 Å². The molecule has 0 amide bonds.